The van der Waals surface area contributed by atoms with Crippen molar-refractivity contribution in [3.05, 3.63) is 94.1 Å². The SMILES string of the molecule is Cc1ccc(CN(Cc2ccco2)C(=O)c2oc3cc(C)c(C)cc3c2C)cc1. The molecular formula is C25H25NO3. The van der Waals surface area contributed by atoms with E-state index >= 15 is 0 Å². The highest BCUT2D eigenvalue weighted by Crippen LogP contribution is 2.29. The smallest absolute Gasteiger partial charge is 0.290 e. The number of carbonyl (C=O) groups excluding carboxylic acids is 1. The molecule has 1 amide bonds. The summed E-state index contributed by atoms with van der Waals surface area (Å²) in [4.78, 5) is 15.3. The van der Waals surface area contributed by atoms with E-state index in [4.69, 9.17) is 8.83 Å². The molecule has 0 unspecified atom stereocenters. The van der Waals surface area contributed by atoms with E-state index in [1.807, 2.05) is 25.1 Å². The van der Waals surface area contributed by atoms with Crippen LogP contribution in [0.2, 0.25) is 0 Å². The van der Waals surface area contributed by atoms with E-state index in [1.165, 1.54) is 11.1 Å². The van der Waals surface area contributed by atoms with Gasteiger partial charge in [-0.1, -0.05) is 29.8 Å². The van der Waals surface area contributed by atoms with Gasteiger partial charge in [0.15, 0.2) is 5.76 Å². The summed E-state index contributed by atoms with van der Waals surface area (Å²) in [6.45, 7) is 8.99. The first-order valence-electron chi connectivity index (χ1n) is 9.80. The highest BCUT2D eigenvalue weighted by Gasteiger charge is 2.25. The number of aryl methyl sites for hydroxylation is 4. The molecule has 0 aliphatic rings. The van der Waals surface area contributed by atoms with Gasteiger partial charge in [-0.25, -0.2) is 0 Å². The number of furan rings is 2. The van der Waals surface area contributed by atoms with Crippen LogP contribution in [-0.2, 0) is 13.1 Å². The van der Waals surface area contributed by atoms with Crippen LogP contribution in [0.5, 0.6) is 0 Å². The number of carbonyl (C=O) groups is 1. The van der Waals surface area contributed by atoms with Gasteiger partial charge in [0.1, 0.15) is 11.3 Å². The molecule has 2 aromatic carbocycles. The van der Waals surface area contributed by atoms with Crippen LogP contribution in [0.1, 0.15) is 44.1 Å². The van der Waals surface area contributed by atoms with Crippen LogP contribution in [0.3, 0.4) is 0 Å². The quantitative estimate of drug-likeness (QED) is 0.415. The van der Waals surface area contributed by atoms with Crippen LogP contribution in [-0.4, -0.2) is 10.8 Å². The molecule has 0 saturated carbocycles. The minimum absolute atomic E-state index is 0.133. The number of rotatable bonds is 5. The first-order valence-corrected chi connectivity index (χ1v) is 9.80. The Bertz CT molecular complexity index is 1150. The molecule has 0 saturated heterocycles. The van der Waals surface area contributed by atoms with E-state index < -0.39 is 0 Å². The van der Waals surface area contributed by atoms with Crippen LogP contribution in [0.15, 0.2) is 63.6 Å². The fourth-order valence-electron chi connectivity index (χ4n) is 3.53. The zero-order chi connectivity index (χ0) is 20.5. The van der Waals surface area contributed by atoms with Gasteiger partial charge in [-0.15, -0.1) is 0 Å². The monoisotopic (exact) mass is 387 g/mol. The molecule has 0 fully saturated rings. The van der Waals surface area contributed by atoms with E-state index in [-0.39, 0.29) is 5.91 Å². The fourth-order valence-corrected chi connectivity index (χ4v) is 3.53. The molecule has 0 aliphatic carbocycles. The summed E-state index contributed by atoms with van der Waals surface area (Å²) in [5.74, 6) is 1.00. The summed E-state index contributed by atoms with van der Waals surface area (Å²) >= 11 is 0. The fraction of sp³-hybridized carbons (Fsp3) is 0.240. The Kier molecular flexibility index (Phi) is 5.01. The standard InChI is InChI=1S/C25H25NO3/c1-16-7-9-20(10-8-16)14-26(15-21-6-5-11-28-21)25(27)24-19(4)22-12-17(2)18(3)13-23(22)29-24/h5-13H,14-15H2,1-4H3. The average molecular weight is 387 g/mol. The number of fused-ring (bicyclic) bond motifs is 1. The van der Waals surface area contributed by atoms with Gasteiger partial charge in [-0.05, 0) is 68.7 Å². The molecule has 0 spiro atoms. The van der Waals surface area contributed by atoms with E-state index in [1.54, 1.807) is 11.2 Å². The van der Waals surface area contributed by atoms with Gasteiger partial charge in [-0.3, -0.25) is 4.79 Å². The molecule has 4 heteroatoms. The van der Waals surface area contributed by atoms with Crippen molar-refractivity contribution in [2.24, 2.45) is 0 Å². The Morgan fingerprint density at radius 1 is 0.931 bits per heavy atom. The molecule has 148 valence electrons. The number of hydrogen-bond donors (Lipinski definition) is 0. The number of amides is 1. The van der Waals surface area contributed by atoms with Crippen molar-refractivity contribution >= 4 is 16.9 Å². The lowest BCUT2D eigenvalue weighted by molar-refractivity contribution is 0.0686. The largest absolute Gasteiger partial charge is 0.467 e. The summed E-state index contributed by atoms with van der Waals surface area (Å²) in [7, 11) is 0. The molecule has 2 aromatic heterocycles. The summed E-state index contributed by atoms with van der Waals surface area (Å²) in [6.07, 6.45) is 1.63. The second kappa shape index (κ2) is 7.63. The van der Waals surface area contributed by atoms with Crippen molar-refractivity contribution in [1.29, 1.82) is 0 Å². The third-order valence-corrected chi connectivity index (χ3v) is 5.45. The van der Waals surface area contributed by atoms with Gasteiger partial charge in [0.25, 0.3) is 5.91 Å². The lowest BCUT2D eigenvalue weighted by atomic mass is 10.0. The number of hydrogen-bond acceptors (Lipinski definition) is 3. The van der Waals surface area contributed by atoms with Crippen molar-refractivity contribution in [2.75, 3.05) is 0 Å². The first kappa shape index (κ1) is 19.1. The van der Waals surface area contributed by atoms with E-state index in [2.05, 4.69) is 51.1 Å². The van der Waals surface area contributed by atoms with Crippen molar-refractivity contribution < 1.29 is 13.6 Å². The lowest BCUT2D eigenvalue weighted by Gasteiger charge is -2.21. The van der Waals surface area contributed by atoms with Crippen LogP contribution in [0.4, 0.5) is 0 Å². The van der Waals surface area contributed by atoms with Gasteiger partial charge in [-0.2, -0.15) is 0 Å². The first-order chi connectivity index (χ1) is 13.9. The van der Waals surface area contributed by atoms with Crippen molar-refractivity contribution in [1.82, 2.24) is 4.90 Å². The van der Waals surface area contributed by atoms with E-state index in [0.717, 1.165) is 33.4 Å². The van der Waals surface area contributed by atoms with Crippen LogP contribution >= 0.6 is 0 Å². The molecule has 0 bridgehead atoms. The molecule has 29 heavy (non-hydrogen) atoms. The molecule has 0 N–H and O–H groups in total. The van der Waals surface area contributed by atoms with Gasteiger partial charge in [0.2, 0.25) is 0 Å². The number of nitrogens with zero attached hydrogens (tertiary/aromatic N) is 1. The Morgan fingerprint density at radius 3 is 2.34 bits per heavy atom. The summed E-state index contributed by atoms with van der Waals surface area (Å²) in [5.41, 5.74) is 6.22. The average Bonchev–Trinajstić information content (AvgIpc) is 3.32. The second-order valence-electron chi connectivity index (χ2n) is 7.71. The molecule has 0 atom stereocenters. The molecule has 0 aliphatic heterocycles. The second-order valence-corrected chi connectivity index (χ2v) is 7.71. The summed E-state index contributed by atoms with van der Waals surface area (Å²) in [6, 6.07) is 16.0. The Labute approximate surface area is 170 Å². The molecule has 2 heterocycles. The Balaban J connectivity index is 1.71. The topological polar surface area (TPSA) is 46.6 Å². The minimum Gasteiger partial charge on any atom is -0.467 e. The third-order valence-electron chi connectivity index (χ3n) is 5.45. The van der Waals surface area contributed by atoms with E-state index in [9.17, 15) is 4.79 Å². The van der Waals surface area contributed by atoms with Crippen LogP contribution in [0, 0.1) is 27.7 Å². The summed E-state index contributed by atoms with van der Waals surface area (Å²) < 4.78 is 11.5. The summed E-state index contributed by atoms with van der Waals surface area (Å²) in [5, 5.41) is 0.990. The zero-order valence-electron chi connectivity index (χ0n) is 17.3. The molecular weight excluding hydrogens is 362 g/mol. The maximum atomic E-state index is 13.5. The maximum absolute atomic E-state index is 13.5. The molecule has 0 radical (unpaired) electrons. The molecule has 4 rings (SSSR count). The Hall–Kier alpha value is -3.27. The van der Waals surface area contributed by atoms with Crippen molar-refractivity contribution in [3.8, 4) is 0 Å². The normalized spacial score (nSPS) is 11.2. The number of benzene rings is 2. The van der Waals surface area contributed by atoms with Crippen LogP contribution < -0.4 is 0 Å². The maximum Gasteiger partial charge on any atom is 0.290 e. The zero-order valence-corrected chi connectivity index (χ0v) is 17.3. The van der Waals surface area contributed by atoms with Gasteiger partial charge < -0.3 is 13.7 Å². The Morgan fingerprint density at radius 2 is 1.66 bits per heavy atom. The van der Waals surface area contributed by atoms with E-state index in [0.29, 0.717) is 18.8 Å². The van der Waals surface area contributed by atoms with Gasteiger partial charge >= 0.3 is 0 Å². The van der Waals surface area contributed by atoms with Gasteiger partial charge in [0.05, 0.1) is 12.8 Å². The lowest BCUT2D eigenvalue weighted by Crippen LogP contribution is -2.30. The van der Waals surface area contributed by atoms with Crippen molar-refractivity contribution in [2.45, 2.75) is 40.8 Å². The highest BCUT2D eigenvalue weighted by molar-refractivity contribution is 5.99. The van der Waals surface area contributed by atoms with Gasteiger partial charge in [0, 0.05) is 17.5 Å². The highest BCUT2D eigenvalue weighted by atomic mass is 16.3. The predicted octanol–water partition coefficient (Wildman–Crippen LogP) is 6.10. The molecule has 4 nitrogen and oxygen atoms in total. The molecule has 4 aromatic rings. The third kappa shape index (κ3) is 3.83. The van der Waals surface area contributed by atoms with Crippen molar-refractivity contribution in [3.63, 3.8) is 0 Å². The minimum atomic E-state index is -0.133. The predicted molar refractivity (Wildman–Crippen MR) is 114 cm³/mol. The van der Waals surface area contributed by atoms with Crippen LogP contribution in [0.25, 0.3) is 11.0 Å².